The Hall–Kier alpha value is -1.59. The number of hydrogen-bond donors (Lipinski definition) is 1. The van der Waals surface area contributed by atoms with Gasteiger partial charge >= 0.3 is 0 Å². The number of amides is 1. The Labute approximate surface area is 123 Å². The fraction of sp³-hybridized carbons (Fsp3) is 0.0769. The van der Waals surface area contributed by atoms with Gasteiger partial charge in [-0.3, -0.25) is 4.79 Å². The van der Waals surface area contributed by atoms with Gasteiger partial charge < -0.3 is 10.1 Å². The van der Waals surface area contributed by atoms with Crippen LogP contribution in [0.5, 0.6) is 5.75 Å². The molecule has 6 heteroatoms. The zero-order valence-corrected chi connectivity index (χ0v) is 12.3. The van der Waals surface area contributed by atoms with Gasteiger partial charge in [-0.15, -0.1) is 0 Å². The van der Waals surface area contributed by atoms with E-state index in [4.69, 9.17) is 16.3 Å². The van der Waals surface area contributed by atoms with Crippen molar-refractivity contribution in [3.8, 4) is 5.75 Å². The number of nitrogens with one attached hydrogen (secondary N) is 1. The second-order valence-electron chi connectivity index (χ2n) is 3.65. The molecule has 1 aromatic carbocycles. The average molecular weight is 342 g/mol. The fourth-order valence-electron chi connectivity index (χ4n) is 1.45. The summed E-state index contributed by atoms with van der Waals surface area (Å²) in [5.41, 5.74) is 0.779. The van der Waals surface area contributed by atoms with Crippen LogP contribution in [0.25, 0.3) is 0 Å². The molecule has 0 saturated heterocycles. The number of carbonyl (C=O) groups is 1. The molecule has 1 aromatic heterocycles. The van der Waals surface area contributed by atoms with Gasteiger partial charge in [0.05, 0.1) is 17.8 Å². The molecule has 1 heterocycles. The zero-order chi connectivity index (χ0) is 13.8. The molecule has 0 atom stereocenters. The number of ether oxygens (including phenoxy) is 1. The van der Waals surface area contributed by atoms with Crippen LogP contribution in [0, 0.1) is 0 Å². The van der Waals surface area contributed by atoms with E-state index in [1.807, 2.05) is 0 Å². The first-order chi connectivity index (χ1) is 9.10. The van der Waals surface area contributed by atoms with Crippen LogP contribution in [0.3, 0.4) is 0 Å². The molecule has 19 heavy (non-hydrogen) atoms. The van der Waals surface area contributed by atoms with Crippen LogP contribution in [-0.2, 0) is 0 Å². The topological polar surface area (TPSA) is 51.2 Å². The lowest BCUT2D eigenvalue weighted by Crippen LogP contribution is -2.14. The number of anilines is 1. The van der Waals surface area contributed by atoms with Gasteiger partial charge in [-0.05, 0) is 40.2 Å². The second-order valence-corrected chi connectivity index (χ2v) is 4.87. The molecule has 1 N–H and O–H groups in total. The molecule has 0 aliphatic heterocycles. The van der Waals surface area contributed by atoms with Crippen molar-refractivity contribution < 1.29 is 9.53 Å². The first-order valence-electron chi connectivity index (χ1n) is 5.37. The predicted octanol–water partition coefficient (Wildman–Crippen LogP) is 3.76. The summed E-state index contributed by atoms with van der Waals surface area (Å²) in [6.07, 6.45) is 0. The van der Waals surface area contributed by atoms with E-state index in [0.717, 1.165) is 0 Å². The molecule has 0 unspecified atom stereocenters. The van der Waals surface area contributed by atoms with E-state index in [0.29, 0.717) is 26.8 Å². The van der Waals surface area contributed by atoms with E-state index in [2.05, 4.69) is 26.2 Å². The molecule has 0 radical (unpaired) electrons. The first kappa shape index (κ1) is 13.8. The van der Waals surface area contributed by atoms with Crippen LogP contribution in [0.15, 0.2) is 41.0 Å². The van der Waals surface area contributed by atoms with E-state index < -0.39 is 0 Å². The number of carbonyl (C=O) groups excluding carboxylic acids is 1. The van der Waals surface area contributed by atoms with Crippen LogP contribution < -0.4 is 10.1 Å². The largest absolute Gasteiger partial charge is 0.497 e. The van der Waals surface area contributed by atoms with Crippen molar-refractivity contribution in [2.45, 2.75) is 0 Å². The number of pyridine rings is 1. The number of hydrogen-bond acceptors (Lipinski definition) is 3. The summed E-state index contributed by atoms with van der Waals surface area (Å²) in [5, 5.41) is 3.13. The van der Waals surface area contributed by atoms with Crippen molar-refractivity contribution in [3.05, 3.63) is 51.7 Å². The molecule has 0 saturated carbocycles. The van der Waals surface area contributed by atoms with Gasteiger partial charge in [-0.2, -0.15) is 0 Å². The number of benzene rings is 1. The minimum atomic E-state index is -0.337. The third-order valence-electron chi connectivity index (χ3n) is 2.37. The minimum absolute atomic E-state index is 0.299. The first-order valence-corrected chi connectivity index (χ1v) is 6.54. The Morgan fingerprint density at radius 1 is 1.37 bits per heavy atom. The molecule has 4 nitrogen and oxygen atoms in total. The molecule has 2 aromatic rings. The maximum Gasteiger partial charge on any atom is 0.274 e. The summed E-state index contributed by atoms with van der Waals surface area (Å²) >= 11 is 9.23. The second kappa shape index (κ2) is 6.04. The summed E-state index contributed by atoms with van der Waals surface area (Å²) < 4.78 is 5.68. The average Bonchev–Trinajstić information content (AvgIpc) is 2.41. The summed E-state index contributed by atoms with van der Waals surface area (Å²) in [4.78, 5) is 16.1. The lowest BCUT2D eigenvalue weighted by atomic mass is 10.2. The highest BCUT2D eigenvalue weighted by Crippen LogP contribution is 2.27. The lowest BCUT2D eigenvalue weighted by Gasteiger charge is -2.08. The van der Waals surface area contributed by atoms with Gasteiger partial charge in [0.25, 0.3) is 5.91 Å². The highest BCUT2D eigenvalue weighted by Gasteiger charge is 2.10. The fourth-order valence-corrected chi connectivity index (χ4v) is 1.96. The van der Waals surface area contributed by atoms with Crippen molar-refractivity contribution in [1.29, 1.82) is 0 Å². The van der Waals surface area contributed by atoms with Crippen LogP contribution in [0.2, 0.25) is 5.02 Å². The molecule has 0 aliphatic rings. The van der Waals surface area contributed by atoms with Gasteiger partial charge in [0.1, 0.15) is 16.0 Å². The summed E-state index contributed by atoms with van der Waals surface area (Å²) in [6.45, 7) is 0. The molecule has 0 fully saturated rings. The molecule has 0 aliphatic carbocycles. The molecule has 0 spiro atoms. The summed E-state index contributed by atoms with van der Waals surface area (Å²) in [5.74, 6) is 0.276. The van der Waals surface area contributed by atoms with Crippen LogP contribution in [-0.4, -0.2) is 18.0 Å². The van der Waals surface area contributed by atoms with Crippen molar-refractivity contribution in [2.75, 3.05) is 12.4 Å². The Kier molecular flexibility index (Phi) is 4.39. The van der Waals surface area contributed by atoms with Crippen LogP contribution in [0.1, 0.15) is 10.5 Å². The van der Waals surface area contributed by atoms with E-state index >= 15 is 0 Å². The normalized spacial score (nSPS) is 10.1. The SMILES string of the molecule is COc1ccc(Cl)c(NC(=O)c2cccc(Br)n2)c1. The third-order valence-corrected chi connectivity index (χ3v) is 3.14. The van der Waals surface area contributed by atoms with Gasteiger partial charge in [-0.25, -0.2) is 4.98 Å². The molecule has 1 amide bonds. The van der Waals surface area contributed by atoms with E-state index in [1.165, 1.54) is 0 Å². The van der Waals surface area contributed by atoms with Gasteiger partial charge in [0.15, 0.2) is 0 Å². The Morgan fingerprint density at radius 2 is 2.16 bits per heavy atom. The smallest absolute Gasteiger partial charge is 0.274 e. The molecule has 2 rings (SSSR count). The highest BCUT2D eigenvalue weighted by atomic mass is 79.9. The van der Waals surface area contributed by atoms with Crippen molar-refractivity contribution >= 4 is 39.1 Å². The third kappa shape index (κ3) is 3.45. The van der Waals surface area contributed by atoms with Gasteiger partial charge in [0, 0.05) is 6.07 Å². The van der Waals surface area contributed by atoms with E-state index in [9.17, 15) is 4.79 Å². The Balaban J connectivity index is 2.23. The molecule has 98 valence electrons. The van der Waals surface area contributed by atoms with Gasteiger partial charge in [0.2, 0.25) is 0 Å². The Bertz CT molecular complexity index is 619. The number of nitrogens with zero attached hydrogens (tertiary/aromatic N) is 1. The van der Waals surface area contributed by atoms with Crippen LogP contribution in [0.4, 0.5) is 5.69 Å². The monoisotopic (exact) mass is 340 g/mol. The van der Waals surface area contributed by atoms with Crippen molar-refractivity contribution in [2.24, 2.45) is 0 Å². The van der Waals surface area contributed by atoms with E-state index in [-0.39, 0.29) is 5.91 Å². The lowest BCUT2D eigenvalue weighted by molar-refractivity contribution is 0.102. The van der Waals surface area contributed by atoms with Gasteiger partial charge in [-0.1, -0.05) is 17.7 Å². The van der Waals surface area contributed by atoms with Crippen molar-refractivity contribution in [3.63, 3.8) is 0 Å². The Morgan fingerprint density at radius 3 is 2.84 bits per heavy atom. The van der Waals surface area contributed by atoms with E-state index in [1.54, 1.807) is 43.5 Å². The highest BCUT2D eigenvalue weighted by molar-refractivity contribution is 9.10. The maximum atomic E-state index is 12.0. The number of rotatable bonds is 3. The number of methoxy groups -OCH3 is 1. The standard InChI is InChI=1S/C13H10BrClN2O2/c1-19-8-5-6-9(15)11(7-8)17-13(18)10-3-2-4-12(14)16-10/h2-7H,1H3,(H,17,18). The molecular formula is C13H10BrClN2O2. The van der Waals surface area contributed by atoms with Crippen molar-refractivity contribution in [1.82, 2.24) is 4.98 Å². The molecule has 0 bridgehead atoms. The predicted molar refractivity (Wildman–Crippen MR) is 77.9 cm³/mol. The quantitative estimate of drug-likeness (QED) is 0.865. The summed E-state index contributed by atoms with van der Waals surface area (Å²) in [6, 6.07) is 10.1. The zero-order valence-electron chi connectivity index (χ0n) is 9.98. The molecular weight excluding hydrogens is 332 g/mol. The summed E-state index contributed by atoms with van der Waals surface area (Å²) in [7, 11) is 1.55. The number of halogens is 2. The maximum absolute atomic E-state index is 12.0. The minimum Gasteiger partial charge on any atom is -0.497 e. The van der Waals surface area contributed by atoms with Crippen LogP contribution >= 0.6 is 27.5 Å². The number of aromatic nitrogens is 1.